The fourth-order valence-corrected chi connectivity index (χ4v) is 5.20. The van der Waals surface area contributed by atoms with Gasteiger partial charge >= 0.3 is 0 Å². The third kappa shape index (κ3) is 4.46. The highest BCUT2D eigenvalue weighted by Crippen LogP contribution is 2.43. The summed E-state index contributed by atoms with van der Waals surface area (Å²) in [5.74, 6) is -0.0287. The van der Waals surface area contributed by atoms with Gasteiger partial charge in [0, 0.05) is 10.2 Å². The van der Waals surface area contributed by atoms with Gasteiger partial charge in [0.05, 0.1) is 24.1 Å². The number of hydrogen-bond acceptors (Lipinski definition) is 5. The average molecular weight is 586 g/mol. The summed E-state index contributed by atoms with van der Waals surface area (Å²) >= 11 is 3.41. The fraction of sp³-hybridized carbons (Fsp3) is 0.0968. The minimum Gasteiger partial charge on any atom is -0.493 e. The van der Waals surface area contributed by atoms with Crippen LogP contribution in [0.1, 0.15) is 33.3 Å². The summed E-state index contributed by atoms with van der Waals surface area (Å²) in [5, 5.41) is 0.344. The van der Waals surface area contributed by atoms with Crippen LogP contribution in [0.4, 0.5) is 10.1 Å². The van der Waals surface area contributed by atoms with Crippen molar-refractivity contribution >= 4 is 38.5 Å². The van der Waals surface area contributed by atoms with Gasteiger partial charge in [0.1, 0.15) is 18.0 Å². The molecule has 0 saturated heterocycles. The lowest BCUT2D eigenvalue weighted by molar-refractivity contribution is 0.0971. The molecule has 0 N–H and O–H groups in total. The highest BCUT2D eigenvalue weighted by molar-refractivity contribution is 9.10. The first-order valence-electron chi connectivity index (χ1n) is 12.1. The molecule has 0 aliphatic carbocycles. The van der Waals surface area contributed by atoms with Crippen molar-refractivity contribution in [2.24, 2.45) is 0 Å². The fourth-order valence-electron chi connectivity index (χ4n) is 4.84. The van der Waals surface area contributed by atoms with E-state index in [1.807, 2.05) is 30.3 Å². The van der Waals surface area contributed by atoms with Crippen LogP contribution in [0.25, 0.3) is 11.0 Å². The van der Waals surface area contributed by atoms with E-state index in [1.165, 1.54) is 36.3 Å². The molecule has 1 aromatic heterocycles. The predicted molar refractivity (Wildman–Crippen MR) is 149 cm³/mol. The van der Waals surface area contributed by atoms with E-state index < -0.39 is 17.8 Å². The Morgan fingerprint density at radius 3 is 2.44 bits per heavy atom. The molecular weight excluding hydrogens is 565 g/mol. The molecule has 0 spiro atoms. The van der Waals surface area contributed by atoms with Crippen molar-refractivity contribution < 1.29 is 23.1 Å². The summed E-state index contributed by atoms with van der Waals surface area (Å²) in [6.07, 6.45) is 0. The van der Waals surface area contributed by atoms with E-state index in [-0.39, 0.29) is 16.8 Å². The second-order valence-electron chi connectivity index (χ2n) is 9.05. The molecule has 2 heterocycles. The molecule has 6 nitrogen and oxygen atoms in total. The number of rotatable bonds is 6. The molecule has 4 aromatic carbocycles. The van der Waals surface area contributed by atoms with Gasteiger partial charge in [0.25, 0.3) is 5.91 Å². The van der Waals surface area contributed by atoms with E-state index in [2.05, 4.69) is 15.9 Å². The Morgan fingerprint density at radius 1 is 0.923 bits per heavy atom. The molecule has 0 saturated carbocycles. The Hall–Kier alpha value is -4.43. The number of methoxy groups -OCH3 is 1. The lowest BCUT2D eigenvalue weighted by Crippen LogP contribution is -2.29. The molecule has 6 rings (SSSR count). The molecule has 8 heteroatoms. The number of ether oxygens (including phenoxy) is 2. The van der Waals surface area contributed by atoms with E-state index >= 15 is 0 Å². The van der Waals surface area contributed by atoms with Crippen molar-refractivity contribution in [2.75, 3.05) is 12.0 Å². The van der Waals surface area contributed by atoms with Gasteiger partial charge < -0.3 is 13.9 Å². The van der Waals surface area contributed by atoms with Gasteiger partial charge in [-0.3, -0.25) is 14.5 Å². The minimum absolute atomic E-state index is 0.0486. The van der Waals surface area contributed by atoms with E-state index in [9.17, 15) is 14.0 Å². The number of nitrogens with zero attached hydrogens (tertiary/aromatic N) is 1. The Morgan fingerprint density at radius 2 is 1.69 bits per heavy atom. The van der Waals surface area contributed by atoms with Crippen molar-refractivity contribution in [2.45, 2.75) is 12.6 Å². The summed E-state index contributed by atoms with van der Waals surface area (Å²) < 4.78 is 32.1. The van der Waals surface area contributed by atoms with Gasteiger partial charge in [-0.05, 0) is 65.7 Å². The molecule has 1 atom stereocenters. The zero-order chi connectivity index (χ0) is 27.1. The van der Waals surface area contributed by atoms with Crippen LogP contribution in [0.2, 0.25) is 0 Å². The summed E-state index contributed by atoms with van der Waals surface area (Å²) in [5.41, 5.74) is 2.21. The third-order valence-corrected chi connectivity index (χ3v) is 7.17. The lowest BCUT2D eigenvalue weighted by Gasteiger charge is -2.26. The summed E-state index contributed by atoms with van der Waals surface area (Å²) in [4.78, 5) is 29.0. The number of halogens is 2. The second-order valence-corrected chi connectivity index (χ2v) is 9.97. The van der Waals surface area contributed by atoms with Crippen LogP contribution in [0.3, 0.4) is 0 Å². The maximum atomic E-state index is 13.8. The largest absolute Gasteiger partial charge is 0.493 e. The van der Waals surface area contributed by atoms with Crippen molar-refractivity contribution in [1.29, 1.82) is 0 Å². The van der Waals surface area contributed by atoms with Gasteiger partial charge in [-0.1, -0.05) is 52.3 Å². The van der Waals surface area contributed by atoms with Gasteiger partial charge in [-0.2, -0.15) is 0 Å². The molecule has 39 heavy (non-hydrogen) atoms. The van der Waals surface area contributed by atoms with Crippen LogP contribution in [0, 0.1) is 5.82 Å². The van der Waals surface area contributed by atoms with Gasteiger partial charge in [-0.25, -0.2) is 4.39 Å². The zero-order valence-corrected chi connectivity index (χ0v) is 22.3. The summed E-state index contributed by atoms with van der Waals surface area (Å²) in [6, 6.07) is 24.8. The first-order chi connectivity index (χ1) is 18.9. The quantitative estimate of drug-likeness (QED) is 0.214. The van der Waals surface area contributed by atoms with Crippen LogP contribution in [-0.2, 0) is 6.61 Å². The van der Waals surface area contributed by atoms with Crippen molar-refractivity contribution in [1.82, 2.24) is 0 Å². The van der Waals surface area contributed by atoms with Crippen molar-refractivity contribution in [3.63, 3.8) is 0 Å². The number of hydrogen-bond donors (Lipinski definition) is 0. The van der Waals surface area contributed by atoms with Gasteiger partial charge in [-0.15, -0.1) is 0 Å². The molecular formula is C31H21BrFNO5. The maximum absolute atomic E-state index is 13.8. The second kappa shape index (κ2) is 10.0. The van der Waals surface area contributed by atoms with Crippen LogP contribution in [0.15, 0.2) is 105 Å². The first-order valence-corrected chi connectivity index (χ1v) is 12.9. The highest BCUT2D eigenvalue weighted by Gasteiger charge is 2.44. The molecule has 5 aromatic rings. The van der Waals surface area contributed by atoms with E-state index in [1.54, 1.807) is 36.4 Å². The Bertz CT molecular complexity index is 1770. The van der Waals surface area contributed by atoms with Crippen molar-refractivity contribution in [3.8, 4) is 11.5 Å². The summed E-state index contributed by atoms with van der Waals surface area (Å²) in [6.45, 7) is 0.341. The van der Waals surface area contributed by atoms with Crippen LogP contribution >= 0.6 is 15.9 Å². The standard InChI is InChI=1S/C31H21BrFNO5/c1-37-26-15-19(7-13-25(26)38-17-18-5-3-2-4-6-18)28-27-29(35)23-16-20(32)8-14-24(23)39-30(27)31(36)34(28)22-11-9-21(33)10-12-22/h2-16,28H,17H2,1H3. The summed E-state index contributed by atoms with van der Waals surface area (Å²) in [7, 11) is 1.53. The number of amides is 1. The monoisotopic (exact) mass is 585 g/mol. The molecule has 1 aliphatic rings. The molecule has 1 amide bonds. The maximum Gasteiger partial charge on any atom is 0.295 e. The smallest absolute Gasteiger partial charge is 0.295 e. The average Bonchev–Trinajstić information content (AvgIpc) is 3.25. The number of carbonyl (C=O) groups excluding carboxylic acids is 1. The van der Waals surface area contributed by atoms with Crippen LogP contribution in [-0.4, -0.2) is 13.0 Å². The number of anilines is 1. The normalized spacial score (nSPS) is 14.5. The molecule has 0 bridgehead atoms. The van der Waals surface area contributed by atoms with Crippen LogP contribution in [0.5, 0.6) is 11.5 Å². The number of benzene rings is 4. The van der Waals surface area contributed by atoms with Crippen molar-refractivity contribution in [3.05, 3.63) is 134 Å². The molecule has 1 aliphatic heterocycles. The molecule has 1 unspecified atom stereocenters. The molecule has 0 fully saturated rings. The Balaban J connectivity index is 1.49. The Labute approximate surface area is 231 Å². The molecule has 194 valence electrons. The predicted octanol–water partition coefficient (Wildman–Crippen LogP) is 7.03. The van der Waals surface area contributed by atoms with E-state index in [0.29, 0.717) is 44.8 Å². The van der Waals surface area contributed by atoms with Gasteiger partial charge in [0.2, 0.25) is 5.76 Å². The number of carbonyl (C=O) groups is 1. The lowest BCUT2D eigenvalue weighted by atomic mass is 9.97. The minimum atomic E-state index is -0.838. The highest BCUT2D eigenvalue weighted by atomic mass is 79.9. The third-order valence-electron chi connectivity index (χ3n) is 6.68. The van der Waals surface area contributed by atoms with E-state index in [0.717, 1.165) is 5.56 Å². The molecule has 0 radical (unpaired) electrons. The van der Waals surface area contributed by atoms with Gasteiger partial charge in [0.15, 0.2) is 16.9 Å². The Kier molecular flexibility index (Phi) is 6.40. The first kappa shape index (κ1) is 24.9. The van der Waals surface area contributed by atoms with E-state index in [4.69, 9.17) is 13.9 Å². The van der Waals surface area contributed by atoms with Crippen LogP contribution < -0.4 is 19.8 Å². The number of fused-ring (bicyclic) bond motifs is 2. The zero-order valence-electron chi connectivity index (χ0n) is 20.7. The SMILES string of the molecule is COc1cc(C2c3c(oc4ccc(Br)cc4c3=O)C(=O)N2c2ccc(F)cc2)ccc1OCc1ccccc1. The topological polar surface area (TPSA) is 69.0 Å².